The van der Waals surface area contributed by atoms with Gasteiger partial charge in [-0.3, -0.25) is 4.98 Å². The van der Waals surface area contributed by atoms with Crippen LogP contribution in [-0.4, -0.2) is 16.5 Å². The molecule has 162 valence electrons. The molecule has 0 saturated carbocycles. The number of pyridine rings is 2. The highest BCUT2D eigenvalue weighted by Gasteiger charge is 2.27. The standard InChI is InChI=1S/C27H27FN4/c1-27(2,26(29)21-6-4-3-5-7-21)18-31-24-13-12-23(19-8-10-22(28)11-9-19)25(32-24)20-14-16-30-17-15-20/h3-17,26H,18,29H2,1-2H3,(H,31,32). The third kappa shape index (κ3) is 4.84. The van der Waals surface area contributed by atoms with Gasteiger partial charge in [-0.25, -0.2) is 9.37 Å². The average molecular weight is 427 g/mol. The lowest BCUT2D eigenvalue weighted by molar-refractivity contribution is 0.310. The number of hydrogen-bond donors (Lipinski definition) is 2. The molecule has 2 aromatic carbocycles. The lowest BCUT2D eigenvalue weighted by Crippen LogP contribution is -2.35. The Morgan fingerprint density at radius 1 is 0.875 bits per heavy atom. The smallest absolute Gasteiger partial charge is 0.126 e. The number of nitrogens with zero attached hydrogens (tertiary/aromatic N) is 2. The Morgan fingerprint density at radius 3 is 2.25 bits per heavy atom. The highest BCUT2D eigenvalue weighted by Crippen LogP contribution is 2.34. The number of aromatic nitrogens is 2. The summed E-state index contributed by atoms with van der Waals surface area (Å²) < 4.78 is 13.4. The summed E-state index contributed by atoms with van der Waals surface area (Å²) in [5.41, 5.74) is 11.1. The van der Waals surface area contributed by atoms with Crippen LogP contribution in [0.5, 0.6) is 0 Å². The number of rotatable bonds is 7. The fourth-order valence-electron chi connectivity index (χ4n) is 3.69. The largest absolute Gasteiger partial charge is 0.369 e. The number of nitrogens with two attached hydrogens (primary N) is 1. The Bertz CT molecular complexity index is 1160. The van der Waals surface area contributed by atoms with Gasteiger partial charge in [0.1, 0.15) is 11.6 Å². The summed E-state index contributed by atoms with van der Waals surface area (Å²) in [6.07, 6.45) is 3.49. The molecule has 1 unspecified atom stereocenters. The molecule has 1 atom stereocenters. The normalized spacial score (nSPS) is 12.4. The number of halogens is 1. The van der Waals surface area contributed by atoms with Crippen molar-refractivity contribution >= 4 is 5.82 Å². The van der Waals surface area contributed by atoms with E-state index in [1.807, 2.05) is 42.5 Å². The van der Waals surface area contributed by atoms with Crippen LogP contribution < -0.4 is 11.1 Å². The van der Waals surface area contributed by atoms with Gasteiger partial charge in [0.05, 0.1) is 5.69 Å². The van der Waals surface area contributed by atoms with Gasteiger partial charge in [0.15, 0.2) is 0 Å². The minimum absolute atomic E-state index is 0.116. The zero-order valence-electron chi connectivity index (χ0n) is 18.3. The number of nitrogens with one attached hydrogen (secondary N) is 1. The first-order chi connectivity index (χ1) is 15.4. The molecule has 0 aliphatic carbocycles. The number of hydrogen-bond acceptors (Lipinski definition) is 4. The van der Waals surface area contributed by atoms with Gasteiger partial charge in [-0.1, -0.05) is 56.3 Å². The second-order valence-corrected chi connectivity index (χ2v) is 8.57. The van der Waals surface area contributed by atoms with Gasteiger partial charge in [-0.15, -0.1) is 0 Å². The topological polar surface area (TPSA) is 63.8 Å². The van der Waals surface area contributed by atoms with Gasteiger partial charge in [0.2, 0.25) is 0 Å². The lowest BCUT2D eigenvalue weighted by Gasteiger charge is -2.32. The molecule has 32 heavy (non-hydrogen) atoms. The van der Waals surface area contributed by atoms with E-state index in [1.54, 1.807) is 24.5 Å². The van der Waals surface area contributed by atoms with E-state index in [4.69, 9.17) is 10.7 Å². The van der Waals surface area contributed by atoms with Gasteiger partial charge in [0.25, 0.3) is 0 Å². The summed E-state index contributed by atoms with van der Waals surface area (Å²) in [6.45, 7) is 4.95. The lowest BCUT2D eigenvalue weighted by atomic mass is 9.81. The Labute approximate surface area is 188 Å². The Kier molecular flexibility index (Phi) is 6.28. The van der Waals surface area contributed by atoms with Crippen LogP contribution in [0.1, 0.15) is 25.5 Å². The number of benzene rings is 2. The highest BCUT2D eigenvalue weighted by atomic mass is 19.1. The molecule has 5 heteroatoms. The molecule has 0 fully saturated rings. The summed E-state index contributed by atoms with van der Waals surface area (Å²) in [7, 11) is 0. The summed E-state index contributed by atoms with van der Waals surface area (Å²) in [6, 6.07) is 24.3. The Balaban J connectivity index is 1.62. The van der Waals surface area contributed by atoms with E-state index in [0.717, 1.165) is 33.8 Å². The fourth-order valence-corrected chi connectivity index (χ4v) is 3.69. The predicted molar refractivity (Wildman–Crippen MR) is 129 cm³/mol. The third-order valence-corrected chi connectivity index (χ3v) is 5.73. The first-order valence-electron chi connectivity index (χ1n) is 10.7. The molecule has 3 N–H and O–H groups in total. The second kappa shape index (κ2) is 9.28. The van der Waals surface area contributed by atoms with E-state index in [0.29, 0.717) is 6.54 Å². The van der Waals surface area contributed by atoms with Crippen molar-refractivity contribution in [2.75, 3.05) is 11.9 Å². The van der Waals surface area contributed by atoms with E-state index < -0.39 is 0 Å². The molecule has 4 rings (SSSR count). The maximum atomic E-state index is 13.4. The molecule has 4 nitrogen and oxygen atoms in total. The molecule has 0 aliphatic heterocycles. The Morgan fingerprint density at radius 2 is 1.56 bits per heavy atom. The van der Waals surface area contributed by atoms with Crippen molar-refractivity contribution < 1.29 is 4.39 Å². The van der Waals surface area contributed by atoms with Gasteiger partial charge in [-0.2, -0.15) is 0 Å². The molecule has 2 aromatic heterocycles. The van der Waals surface area contributed by atoms with Gasteiger partial charge in [-0.05, 0) is 47.5 Å². The van der Waals surface area contributed by atoms with Crippen LogP contribution in [0.3, 0.4) is 0 Å². The van der Waals surface area contributed by atoms with Crippen LogP contribution in [0.15, 0.2) is 91.3 Å². The average Bonchev–Trinajstić information content (AvgIpc) is 2.84. The minimum atomic E-state index is -0.262. The van der Waals surface area contributed by atoms with Crippen molar-refractivity contribution in [1.29, 1.82) is 0 Å². The van der Waals surface area contributed by atoms with Crippen molar-refractivity contribution in [3.63, 3.8) is 0 Å². The summed E-state index contributed by atoms with van der Waals surface area (Å²) >= 11 is 0. The number of anilines is 1. The first kappa shape index (κ1) is 21.7. The maximum absolute atomic E-state index is 13.4. The van der Waals surface area contributed by atoms with E-state index >= 15 is 0 Å². The van der Waals surface area contributed by atoms with Crippen LogP contribution in [0.4, 0.5) is 10.2 Å². The zero-order chi connectivity index (χ0) is 22.6. The summed E-state index contributed by atoms with van der Waals surface area (Å²) in [4.78, 5) is 9.02. The Hall–Kier alpha value is -3.57. The molecule has 2 heterocycles. The monoisotopic (exact) mass is 426 g/mol. The third-order valence-electron chi connectivity index (χ3n) is 5.73. The van der Waals surface area contributed by atoms with E-state index in [-0.39, 0.29) is 17.3 Å². The molecule has 0 radical (unpaired) electrons. The molecule has 0 saturated heterocycles. The van der Waals surface area contributed by atoms with Crippen molar-refractivity contribution in [3.8, 4) is 22.4 Å². The van der Waals surface area contributed by atoms with Crippen molar-refractivity contribution in [2.45, 2.75) is 19.9 Å². The molecule has 0 amide bonds. The minimum Gasteiger partial charge on any atom is -0.369 e. The van der Waals surface area contributed by atoms with Gasteiger partial charge < -0.3 is 11.1 Å². The zero-order valence-corrected chi connectivity index (χ0v) is 18.3. The van der Waals surface area contributed by atoms with E-state index in [1.165, 1.54) is 12.1 Å². The van der Waals surface area contributed by atoms with E-state index in [2.05, 4.69) is 36.3 Å². The molecule has 4 aromatic rings. The fraction of sp³-hybridized carbons (Fsp3) is 0.185. The highest BCUT2D eigenvalue weighted by molar-refractivity contribution is 5.81. The molecule has 0 bridgehead atoms. The van der Waals surface area contributed by atoms with Crippen molar-refractivity contribution in [1.82, 2.24) is 9.97 Å². The van der Waals surface area contributed by atoms with E-state index in [9.17, 15) is 4.39 Å². The summed E-state index contributed by atoms with van der Waals surface area (Å²) in [5.74, 6) is 0.499. The molecule has 0 spiro atoms. The van der Waals surface area contributed by atoms with Gasteiger partial charge in [0, 0.05) is 41.5 Å². The van der Waals surface area contributed by atoms with Crippen LogP contribution in [0.2, 0.25) is 0 Å². The van der Waals surface area contributed by atoms with Crippen LogP contribution in [0, 0.1) is 11.2 Å². The van der Waals surface area contributed by atoms with Crippen LogP contribution in [-0.2, 0) is 0 Å². The quantitative estimate of drug-likeness (QED) is 0.375. The molecular formula is C27H27FN4. The van der Waals surface area contributed by atoms with Crippen molar-refractivity contribution in [2.24, 2.45) is 11.1 Å². The summed E-state index contributed by atoms with van der Waals surface area (Å²) in [5, 5.41) is 3.47. The maximum Gasteiger partial charge on any atom is 0.126 e. The SMILES string of the molecule is CC(C)(CNc1ccc(-c2ccc(F)cc2)c(-c2ccncc2)n1)C(N)c1ccccc1. The second-order valence-electron chi connectivity index (χ2n) is 8.57. The van der Waals surface area contributed by atoms with Crippen LogP contribution in [0.25, 0.3) is 22.4 Å². The van der Waals surface area contributed by atoms with Crippen LogP contribution >= 0.6 is 0 Å². The van der Waals surface area contributed by atoms with Gasteiger partial charge >= 0.3 is 0 Å². The first-order valence-corrected chi connectivity index (χ1v) is 10.7. The predicted octanol–water partition coefficient (Wildman–Crippen LogP) is 6.09. The molecular weight excluding hydrogens is 399 g/mol. The molecule has 0 aliphatic rings. The van der Waals surface area contributed by atoms with Crippen molar-refractivity contribution in [3.05, 3.63) is 103 Å².